The van der Waals surface area contributed by atoms with Crippen LogP contribution in [0, 0.1) is 0 Å². The van der Waals surface area contributed by atoms with Crippen LogP contribution in [0.5, 0.6) is 0 Å². The van der Waals surface area contributed by atoms with Crippen LogP contribution in [0.3, 0.4) is 0 Å². The number of carbonyl (C=O) groups is 4. The van der Waals surface area contributed by atoms with Crippen molar-refractivity contribution in [3.8, 4) is 0 Å². The molecule has 2 atom stereocenters. The molecule has 0 spiro atoms. The predicted molar refractivity (Wildman–Crippen MR) is 112 cm³/mol. The normalized spacial score (nSPS) is 18.5. The lowest BCUT2D eigenvalue weighted by molar-refractivity contribution is -0.146. The largest absolute Gasteiger partial charge is 0.481 e. The molecule has 2 unspecified atom stereocenters. The minimum atomic E-state index is -1.14. The van der Waals surface area contributed by atoms with E-state index in [1.807, 2.05) is 0 Å². The van der Waals surface area contributed by atoms with Gasteiger partial charge >= 0.3 is 23.9 Å². The van der Waals surface area contributed by atoms with Crippen LogP contribution < -0.4 is 0 Å². The molecular formula is C20H31N5O8. The van der Waals surface area contributed by atoms with Crippen LogP contribution in [0.4, 0.5) is 0 Å². The van der Waals surface area contributed by atoms with Gasteiger partial charge in [-0.1, -0.05) is 18.1 Å². The number of aryl methyl sites for hydroxylation is 1. The Hall–Kier alpha value is -3.06. The third-order valence-corrected chi connectivity index (χ3v) is 5.63. The molecule has 0 aliphatic heterocycles. The Labute approximate surface area is 190 Å². The number of carboxylic acids is 4. The number of aliphatic carboxylic acids is 4. The molecule has 1 heterocycles. The van der Waals surface area contributed by atoms with E-state index in [-0.39, 0.29) is 25.6 Å². The molecule has 0 aromatic carbocycles. The summed E-state index contributed by atoms with van der Waals surface area (Å²) in [5.41, 5.74) is 0.529. The Kier molecular flexibility index (Phi) is 10.2. The second-order valence-electron chi connectivity index (χ2n) is 8.23. The van der Waals surface area contributed by atoms with Crippen LogP contribution >= 0.6 is 0 Å². The molecule has 1 saturated carbocycles. The molecule has 1 aromatic rings. The first-order valence-electron chi connectivity index (χ1n) is 10.9. The fourth-order valence-electron chi connectivity index (χ4n) is 4.32. The summed E-state index contributed by atoms with van der Waals surface area (Å²) in [7, 11) is 0. The summed E-state index contributed by atoms with van der Waals surface area (Å²) in [4.78, 5) is 47.9. The maximum Gasteiger partial charge on any atom is 0.317 e. The summed E-state index contributed by atoms with van der Waals surface area (Å²) in [6.45, 7) is -0.546. The number of hydrogen-bond donors (Lipinski definition) is 4. The summed E-state index contributed by atoms with van der Waals surface area (Å²) < 4.78 is 1.58. The highest BCUT2D eigenvalue weighted by molar-refractivity contribution is 5.72. The standard InChI is InChI=1S/C20H31N5O8/c26-17(27)7-3-4-8-25-10-14(21-22-25)9-23(11-18(28)29)15-5-1-2-6-16(15)24(12-19(30)31)13-20(32)33/h10,15-16H,1-9,11-13H2,(H,26,27)(H,28,29)(H,30,31)(H,32,33). The maximum absolute atomic E-state index is 11.6. The van der Waals surface area contributed by atoms with Gasteiger partial charge in [-0.25, -0.2) is 0 Å². The van der Waals surface area contributed by atoms with E-state index < -0.39 is 43.0 Å². The van der Waals surface area contributed by atoms with Gasteiger partial charge < -0.3 is 20.4 Å². The van der Waals surface area contributed by atoms with Crippen LogP contribution in [0.2, 0.25) is 0 Å². The highest BCUT2D eigenvalue weighted by Gasteiger charge is 2.36. The van der Waals surface area contributed by atoms with Gasteiger partial charge in [0.15, 0.2) is 0 Å². The lowest BCUT2D eigenvalue weighted by Crippen LogP contribution is -2.56. The van der Waals surface area contributed by atoms with Crippen molar-refractivity contribution in [3.05, 3.63) is 11.9 Å². The molecule has 1 aliphatic rings. The van der Waals surface area contributed by atoms with E-state index in [1.165, 1.54) is 4.90 Å². The quantitative estimate of drug-likeness (QED) is 0.256. The topological polar surface area (TPSA) is 186 Å². The lowest BCUT2D eigenvalue weighted by Gasteiger charge is -2.43. The molecule has 184 valence electrons. The van der Waals surface area contributed by atoms with Gasteiger partial charge in [-0.2, -0.15) is 0 Å². The lowest BCUT2D eigenvalue weighted by atomic mass is 9.87. The molecule has 1 aliphatic carbocycles. The van der Waals surface area contributed by atoms with Crippen LogP contribution in [0.1, 0.15) is 50.6 Å². The van der Waals surface area contributed by atoms with E-state index in [9.17, 15) is 34.5 Å². The van der Waals surface area contributed by atoms with E-state index in [1.54, 1.807) is 15.8 Å². The third-order valence-electron chi connectivity index (χ3n) is 5.63. The van der Waals surface area contributed by atoms with Crippen LogP contribution in [-0.2, 0) is 32.3 Å². The SMILES string of the molecule is O=C(O)CCCCn1cc(CN(CC(=O)O)C2CCCCC2N(CC(=O)O)CC(=O)O)nn1. The van der Waals surface area contributed by atoms with Gasteiger partial charge in [-0.05, 0) is 25.7 Å². The Morgan fingerprint density at radius 2 is 1.39 bits per heavy atom. The summed E-state index contributed by atoms with van der Waals surface area (Å²) >= 11 is 0. The van der Waals surface area contributed by atoms with Crippen molar-refractivity contribution >= 4 is 23.9 Å². The maximum atomic E-state index is 11.6. The molecule has 1 fully saturated rings. The smallest absolute Gasteiger partial charge is 0.317 e. The van der Waals surface area contributed by atoms with E-state index in [2.05, 4.69) is 10.3 Å². The van der Waals surface area contributed by atoms with Crippen molar-refractivity contribution in [3.63, 3.8) is 0 Å². The highest BCUT2D eigenvalue weighted by atomic mass is 16.4. The number of aromatic nitrogens is 3. The van der Waals surface area contributed by atoms with Gasteiger partial charge in [0.05, 0.1) is 25.3 Å². The third kappa shape index (κ3) is 9.14. The minimum Gasteiger partial charge on any atom is -0.481 e. The first-order chi connectivity index (χ1) is 15.7. The number of rotatable bonds is 15. The van der Waals surface area contributed by atoms with E-state index in [0.29, 0.717) is 37.9 Å². The molecule has 33 heavy (non-hydrogen) atoms. The zero-order chi connectivity index (χ0) is 24.4. The van der Waals surface area contributed by atoms with Gasteiger partial charge in [0.1, 0.15) is 0 Å². The molecule has 4 N–H and O–H groups in total. The average molecular weight is 469 g/mol. The van der Waals surface area contributed by atoms with Crippen LogP contribution in [0.25, 0.3) is 0 Å². The highest BCUT2D eigenvalue weighted by Crippen LogP contribution is 2.28. The zero-order valence-corrected chi connectivity index (χ0v) is 18.4. The fraction of sp³-hybridized carbons (Fsp3) is 0.700. The fourth-order valence-corrected chi connectivity index (χ4v) is 4.32. The van der Waals surface area contributed by atoms with E-state index in [4.69, 9.17) is 5.11 Å². The Morgan fingerprint density at radius 1 is 0.848 bits per heavy atom. The van der Waals surface area contributed by atoms with Crippen LogP contribution in [-0.4, -0.2) is 101 Å². The van der Waals surface area contributed by atoms with Crippen molar-refractivity contribution in [2.45, 2.75) is 70.1 Å². The molecule has 2 rings (SSSR count). The van der Waals surface area contributed by atoms with Gasteiger partial charge in [0.2, 0.25) is 0 Å². The number of hydrogen-bond acceptors (Lipinski definition) is 8. The van der Waals surface area contributed by atoms with Gasteiger partial charge in [0.25, 0.3) is 0 Å². The Bertz CT molecular complexity index is 813. The molecule has 0 amide bonds. The number of unbranched alkanes of at least 4 members (excludes halogenated alkanes) is 1. The predicted octanol–water partition coefficient (Wildman–Crippen LogP) is 0.202. The van der Waals surface area contributed by atoms with Crippen LogP contribution in [0.15, 0.2) is 6.20 Å². The van der Waals surface area contributed by atoms with Gasteiger partial charge in [-0.15, -0.1) is 5.10 Å². The van der Waals surface area contributed by atoms with Crippen molar-refractivity contribution in [2.75, 3.05) is 19.6 Å². The van der Waals surface area contributed by atoms with E-state index in [0.717, 1.165) is 12.8 Å². The van der Waals surface area contributed by atoms with Crippen molar-refractivity contribution in [1.82, 2.24) is 24.8 Å². The molecule has 0 bridgehead atoms. The molecule has 0 saturated heterocycles. The van der Waals surface area contributed by atoms with E-state index >= 15 is 0 Å². The second-order valence-corrected chi connectivity index (χ2v) is 8.23. The molecule has 13 heteroatoms. The molecule has 0 radical (unpaired) electrons. The Balaban J connectivity index is 2.14. The molecular weight excluding hydrogens is 438 g/mol. The summed E-state index contributed by atoms with van der Waals surface area (Å²) in [5, 5.41) is 44.8. The summed E-state index contributed by atoms with van der Waals surface area (Å²) in [6, 6.07) is -0.773. The van der Waals surface area contributed by atoms with Gasteiger partial charge in [-0.3, -0.25) is 33.7 Å². The van der Waals surface area contributed by atoms with Crippen molar-refractivity contribution in [1.29, 1.82) is 0 Å². The Morgan fingerprint density at radius 3 is 1.94 bits per heavy atom. The van der Waals surface area contributed by atoms with Crippen molar-refractivity contribution in [2.24, 2.45) is 0 Å². The minimum absolute atomic E-state index is 0.0696. The molecule has 1 aromatic heterocycles. The number of nitrogens with zero attached hydrogens (tertiary/aromatic N) is 5. The second kappa shape index (κ2) is 12.8. The molecule has 13 nitrogen and oxygen atoms in total. The summed E-state index contributed by atoms with van der Waals surface area (Å²) in [6.07, 6.45) is 5.65. The zero-order valence-electron chi connectivity index (χ0n) is 18.4. The van der Waals surface area contributed by atoms with Gasteiger partial charge in [0, 0.05) is 37.8 Å². The summed E-state index contributed by atoms with van der Waals surface area (Å²) in [5.74, 6) is -4.20. The first-order valence-corrected chi connectivity index (χ1v) is 10.9. The van der Waals surface area contributed by atoms with Crippen molar-refractivity contribution < 1.29 is 39.6 Å². The first kappa shape index (κ1) is 26.2. The number of carboxylic acid groups (broad SMARTS) is 4. The monoisotopic (exact) mass is 469 g/mol. The average Bonchev–Trinajstić information content (AvgIpc) is 3.16.